The van der Waals surface area contributed by atoms with Crippen LogP contribution in [0.2, 0.25) is 0 Å². The van der Waals surface area contributed by atoms with Gasteiger partial charge in [-0.05, 0) is 59.8 Å². The maximum absolute atomic E-state index is 13.0. The molecular weight excluding hydrogens is 472 g/mol. The summed E-state index contributed by atoms with van der Waals surface area (Å²) >= 11 is 0. The van der Waals surface area contributed by atoms with Gasteiger partial charge in [-0.25, -0.2) is 4.68 Å². The van der Waals surface area contributed by atoms with Gasteiger partial charge in [-0.15, -0.1) is 5.10 Å². The van der Waals surface area contributed by atoms with E-state index in [-0.39, 0.29) is 5.56 Å². The van der Waals surface area contributed by atoms with Crippen LogP contribution in [0.15, 0.2) is 76.1 Å². The lowest BCUT2D eigenvalue weighted by Crippen LogP contribution is -2.28. The largest absolute Gasteiger partial charge is 0.496 e. The standard InChI is InChI=1S/C27H28N6O4/c1-3-36-22-10-11-24-20(14-22)13-21(27(34)28-24)16-32(15-19-7-4-5-9-25(19)35-2)18-26-29-30-31-33(26)17-23-8-6-12-37-23/h4-14H,3,15-18H2,1-2H3,(H,28,34). The molecule has 10 nitrogen and oxygen atoms in total. The molecule has 0 amide bonds. The third kappa shape index (κ3) is 5.70. The monoisotopic (exact) mass is 500 g/mol. The molecule has 10 heteroatoms. The first-order chi connectivity index (χ1) is 18.1. The van der Waals surface area contributed by atoms with Gasteiger partial charge in [-0.3, -0.25) is 9.69 Å². The first-order valence-electron chi connectivity index (χ1n) is 12.0. The third-order valence-electron chi connectivity index (χ3n) is 6.04. The maximum Gasteiger partial charge on any atom is 0.252 e. The summed E-state index contributed by atoms with van der Waals surface area (Å²) in [7, 11) is 1.65. The molecule has 0 saturated carbocycles. The SMILES string of the molecule is CCOc1ccc2[nH]c(=O)c(CN(Cc3ccccc3OC)Cc3nnnn3Cc3ccco3)cc2c1. The minimum Gasteiger partial charge on any atom is -0.496 e. The number of tetrazole rings is 1. The van der Waals surface area contributed by atoms with Crippen molar-refractivity contribution in [2.24, 2.45) is 0 Å². The van der Waals surface area contributed by atoms with Crippen molar-refractivity contribution in [3.8, 4) is 11.5 Å². The van der Waals surface area contributed by atoms with Gasteiger partial charge in [0.2, 0.25) is 0 Å². The van der Waals surface area contributed by atoms with Crippen LogP contribution in [0.5, 0.6) is 11.5 Å². The van der Waals surface area contributed by atoms with Crippen LogP contribution < -0.4 is 15.0 Å². The van der Waals surface area contributed by atoms with Crippen molar-refractivity contribution in [1.82, 2.24) is 30.1 Å². The Kier molecular flexibility index (Phi) is 7.27. The second-order valence-corrected chi connectivity index (χ2v) is 8.59. The summed E-state index contributed by atoms with van der Waals surface area (Å²) in [5, 5.41) is 13.2. The molecular formula is C27H28N6O4. The quantitative estimate of drug-likeness (QED) is 0.292. The second-order valence-electron chi connectivity index (χ2n) is 8.59. The Bertz CT molecular complexity index is 1530. The fourth-order valence-electron chi connectivity index (χ4n) is 4.30. The molecule has 0 aliphatic heterocycles. The summed E-state index contributed by atoms with van der Waals surface area (Å²) in [5.41, 5.74) is 2.24. The Labute approximate surface area is 213 Å². The average molecular weight is 501 g/mol. The third-order valence-corrected chi connectivity index (χ3v) is 6.04. The highest BCUT2D eigenvalue weighted by Crippen LogP contribution is 2.23. The number of nitrogens with zero attached hydrogens (tertiary/aromatic N) is 5. The zero-order valence-corrected chi connectivity index (χ0v) is 20.8. The first kappa shape index (κ1) is 24.3. The molecule has 37 heavy (non-hydrogen) atoms. The van der Waals surface area contributed by atoms with Gasteiger partial charge >= 0.3 is 0 Å². The lowest BCUT2D eigenvalue weighted by Gasteiger charge is -2.23. The van der Waals surface area contributed by atoms with E-state index in [4.69, 9.17) is 13.9 Å². The number of nitrogens with one attached hydrogen (secondary N) is 1. The molecule has 5 rings (SSSR count). The molecule has 3 aromatic heterocycles. The van der Waals surface area contributed by atoms with E-state index in [2.05, 4.69) is 25.4 Å². The summed E-state index contributed by atoms with van der Waals surface area (Å²) in [5.74, 6) is 2.94. The van der Waals surface area contributed by atoms with Crippen molar-refractivity contribution in [3.63, 3.8) is 0 Å². The fourth-order valence-corrected chi connectivity index (χ4v) is 4.30. The summed E-state index contributed by atoms with van der Waals surface area (Å²) in [6.07, 6.45) is 1.62. The minimum absolute atomic E-state index is 0.142. The molecule has 0 unspecified atom stereocenters. The average Bonchev–Trinajstić information content (AvgIpc) is 3.58. The Balaban J connectivity index is 1.47. The number of pyridine rings is 1. The van der Waals surface area contributed by atoms with Crippen LogP contribution in [-0.4, -0.2) is 43.8 Å². The summed E-state index contributed by atoms with van der Waals surface area (Å²) in [6, 6.07) is 19.1. The first-order valence-corrected chi connectivity index (χ1v) is 12.0. The lowest BCUT2D eigenvalue weighted by molar-refractivity contribution is 0.232. The Morgan fingerprint density at radius 3 is 2.70 bits per heavy atom. The Morgan fingerprint density at radius 2 is 1.89 bits per heavy atom. The summed E-state index contributed by atoms with van der Waals surface area (Å²) in [4.78, 5) is 18.2. The fraction of sp³-hybridized carbons (Fsp3) is 0.259. The Hall–Kier alpha value is -4.44. The van der Waals surface area contributed by atoms with E-state index in [0.717, 1.165) is 33.7 Å². The number of rotatable bonds is 11. The van der Waals surface area contributed by atoms with Gasteiger partial charge in [0.05, 0.1) is 26.5 Å². The molecule has 0 saturated heterocycles. The number of fused-ring (bicyclic) bond motifs is 1. The van der Waals surface area contributed by atoms with Crippen LogP contribution in [0.25, 0.3) is 10.9 Å². The van der Waals surface area contributed by atoms with Gasteiger partial charge in [0.15, 0.2) is 5.82 Å². The number of ether oxygens (including phenoxy) is 2. The van der Waals surface area contributed by atoms with Crippen LogP contribution in [0, 0.1) is 0 Å². The van der Waals surface area contributed by atoms with E-state index in [1.54, 1.807) is 18.1 Å². The highest BCUT2D eigenvalue weighted by atomic mass is 16.5. The molecule has 0 aliphatic carbocycles. The number of hydrogen-bond acceptors (Lipinski definition) is 8. The number of hydrogen-bond donors (Lipinski definition) is 1. The van der Waals surface area contributed by atoms with Crippen LogP contribution in [0.4, 0.5) is 0 Å². The normalized spacial score (nSPS) is 11.3. The Morgan fingerprint density at radius 1 is 1.03 bits per heavy atom. The summed E-state index contributed by atoms with van der Waals surface area (Å²) in [6.45, 7) is 4.22. The van der Waals surface area contributed by atoms with Gasteiger partial charge < -0.3 is 18.9 Å². The van der Waals surface area contributed by atoms with E-state index in [1.165, 1.54) is 0 Å². The summed E-state index contributed by atoms with van der Waals surface area (Å²) < 4.78 is 18.4. The predicted molar refractivity (Wildman–Crippen MR) is 137 cm³/mol. The maximum atomic E-state index is 13.0. The molecule has 0 bridgehead atoms. The van der Waals surface area contributed by atoms with Gasteiger partial charge in [0.1, 0.15) is 23.8 Å². The molecule has 0 spiro atoms. The van der Waals surface area contributed by atoms with Crippen molar-refractivity contribution >= 4 is 10.9 Å². The second kappa shape index (κ2) is 11.1. The van der Waals surface area contributed by atoms with E-state index in [9.17, 15) is 4.79 Å². The van der Waals surface area contributed by atoms with Crippen LogP contribution >= 0.6 is 0 Å². The molecule has 0 aliphatic rings. The van der Waals surface area contributed by atoms with Crippen LogP contribution in [0.3, 0.4) is 0 Å². The van der Waals surface area contributed by atoms with Gasteiger partial charge in [-0.1, -0.05) is 18.2 Å². The van der Waals surface area contributed by atoms with Crippen molar-refractivity contribution < 1.29 is 13.9 Å². The molecule has 0 radical (unpaired) electrons. The number of H-pyrrole nitrogens is 1. The number of para-hydroxylation sites is 1. The lowest BCUT2D eigenvalue weighted by atomic mass is 10.1. The number of aromatic amines is 1. The molecule has 2 aromatic carbocycles. The zero-order valence-electron chi connectivity index (χ0n) is 20.8. The van der Waals surface area contributed by atoms with Gasteiger partial charge in [0.25, 0.3) is 5.56 Å². The van der Waals surface area contributed by atoms with Crippen molar-refractivity contribution in [1.29, 1.82) is 0 Å². The molecule has 0 fully saturated rings. The number of furan rings is 1. The number of benzene rings is 2. The van der Waals surface area contributed by atoms with Crippen LogP contribution in [0.1, 0.15) is 29.6 Å². The minimum atomic E-state index is -0.142. The molecule has 3 heterocycles. The van der Waals surface area contributed by atoms with E-state index in [1.807, 2.05) is 67.6 Å². The highest BCUT2D eigenvalue weighted by molar-refractivity contribution is 5.80. The van der Waals surface area contributed by atoms with E-state index >= 15 is 0 Å². The van der Waals surface area contributed by atoms with Crippen LogP contribution in [-0.2, 0) is 26.2 Å². The number of aromatic nitrogens is 5. The van der Waals surface area contributed by atoms with Gasteiger partial charge in [0, 0.05) is 35.1 Å². The van der Waals surface area contributed by atoms with Crippen molar-refractivity contribution in [2.75, 3.05) is 13.7 Å². The predicted octanol–water partition coefficient (Wildman–Crippen LogP) is 3.77. The molecule has 1 N–H and O–H groups in total. The molecule has 5 aromatic rings. The van der Waals surface area contributed by atoms with Crippen molar-refractivity contribution in [3.05, 3.63) is 100.0 Å². The number of methoxy groups -OCH3 is 1. The highest BCUT2D eigenvalue weighted by Gasteiger charge is 2.18. The molecule has 0 atom stereocenters. The van der Waals surface area contributed by atoms with Gasteiger partial charge in [-0.2, -0.15) is 0 Å². The smallest absolute Gasteiger partial charge is 0.252 e. The van der Waals surface area contributed by atoms with Crippen molar-refractivity contribution in [2.45, 2.75) is 33.1 Å². The molecule has 190 valence electrons. The van der Waals surface area contributed by atoms with E-state index < -0.39 is 0 Å². The topological polar surface area (TPSA) is 111 Å². The zero-order chi connectivity index (χ0) is 25.6. The van der Waals surface area contributed by atoms with E-state index in [0.29, 0.717) is 44.2 Å².